The maximum absolute atomic E-state index is 11.7. The number of hydrogen-bond donors (Lipinski definition) is 2. The van der Waals surface area contributed by atoms with Crippen LogP contribution in [0.2, 0.25) is 0 Å². The predicted octanol–water partition coefficient (Wildman–Crippen LogP) is 1.97. The molecule has 1 aliphatic rings. The second kappa shape index (κ2) is 7.70. The summed E-state index contributed by atoms with van der Waals surface area (Å²) >= 11 is 0. The lowest BCUT2D eigenvalue weighted by Crippen LogP contribution is -2.23. The minimum absolute atomic E-state index is 0.0290. The number of aliphatic carboxylic acids is 2. The van der Waals surface area contributed by atoms with Crippen LogP contribution in [0.25, 0.3) is 0 Å². The number of aryl methyl sites for hydroxylation is 2. The number of likely N-dealkylation sites (tertiary alicyclic amines) is 1. The molecule has 3 rings (SSSR count). The average molecular weight is 357 g/mol. The molecule has 2 heterocycles. The van der Waals surface area contributed by atoms with Crippen LogP contribution in [0.4, 0.5) is 0 Å². The molecule has 26 heavy (non-hydrogen) atoms. The van der Waals surface area contributed by atoms with Crippen molar-refractivity contribution >= 4 is 11.9 Å². The van der Waals surface area contributed by atoms with E-state index in [1.54, 1.807) is 10.9 Å². The minimum atomic E-state index is -0.855. The second-order valence-corrected chi connectivity index (χ2v) is 6.86. The number of nitrogens with zero attached hydrogens (tertiary/aromatic N) is 3. The molecule has 1 saturated heterocycles. The van der Waals surface area contributed by atoms with Crippen LogP contribution in [-0.4, -0.2) is 49.9 Å². The Bertz CT molecular complexity index is 802. The maximum atomic E-state index is 11.7. The third-order valence-corrected chi connectivity index (χ3v) is 4.95. The van der Waals surface area contributed by atoms with E-state index in [4.69, 9.17) is 5.11 Å². The summed E-state index contributed by atoms with van der Waals surface area (Å²) in [5, 5.41) is 22.6. The molecule has 2 N–H and O–H groups in total. The lowest BCUT2D eigenvalue weighted by atomic mass is 9.86. The Labute approximate surface area is 151 Å². The summed E-state index contributed by atoms with van der Waals surface area (Å²) in [6, 6.07) is 7.95. The van der Waals surface area contributed by atoms with Crippen LogP contribution in [0, 0.1) is 12.8 Å². The van der Waals surface area contributed by atoms with E-state index in [9.17, 15) is 14.7 Å². The average Bonchev–Trinajstić information content (AvgIpc) is 3.21. The standard InChI is InChI=1S/C19H23N3O4/c1-13-4-2-3-5-15(13)16-11-21(12-17(16)19(25)26)9-14-8-20-22(10-14)7-6-18(23)24/h2-5,8,10,16-17H,6-7,9,11-12H2,1H3,(H,23,24)(H,25,26)/t16-,17+/m0/s1. The first kappa shape index (κ1) is 18.1. The number of rotatable bonds is 7. The molecule has 138 valence electrons. The van der Waals surface area contributed by atoms with Gasteiger partial charge >= 0.3 is 11.9 Å². The quantitative estimate of drug-likeness (QED) is 0.786. The van der Waals surface area contributed by atoms with Crippen molar-refractivity contribution < 1.29 is 19.8 Å². The molecule has 7 heteroatoms. The van der Waals surface area contributed by atoms with Gasteiger partial charge in [0.25, 0.3) is 0 Å². The van der Waals surface area contributed by atoms with Gasteiger partial charge in [-0.25, -0.2) is 0 Å². The minimum Gasteiger partial charge on any atom is -0.481 e. The third-order valence-electron chi connectivity index (χ3n) is 4.95. The molecule has 0 aliphatic carbocycles. The summed E-state index contributed by atoms with van der Waals surface area (Å²) in [5.41, 5.74) is 3.18. The largest absolute Gasteiger partial charge is 0.481 e. The van der Waals surface area contributed by atoms with Crippen LogP contribution >= 0.6 is 0 Å². The summed E-state index contributed by atoms with van der Waals surface area (Å²) in [5.74, 6) is -2.08. The predicted molar refractivity (Wildman–Crippen MR) is 94.8 cm³/mol. The van der Waals surface area contributed by atoms with Crippen LogP contribution in [-0.2, 0) is 22.7 Å². The molecule has 0 amide bonds. The van der Waals surface area contributed by atoms with Crippen molar-refractivity contribution in [2.75, 3.05) is 13.1 Å². The molecular formula is C19H23N3O4. The molecule has 2 atom stereocenters. The molecule has 0 radical (unpaired) electrons. The van der Waals surface area contributed by atoms with Crippen molar-refractivity contribution in [3.63, 3.8) is 0 Å². The van der Waals surface area contributed by atoms with Crippen LogP contribution < -0.4 is 0 Å². The number of carbonyl (C=O) groups is 2. The van der Waals surface area contributed by atoms with Crippen molar-refractivity contribution in [2.45, 2.75) is 32.4 Å². The fraction of sp³-hybridized carbons (Fsp3) is 0.421. The summed E-state index contributed by atoms with van der Waals surface area (Å²) in [7, 11) is 0. The van der Waals surface area contributed by atoms with Gasteiger partial charge < -0.3 is 10.2 Å². The van der Waals surface area contributed by atoms with Gasteiger partial charge in [0, 0.05) is 37.3 Å². The van der Waals surface area contributed by atoms with E-state index in [1.165, 1.54) is 0 Å². The van der Waals surface area contributed by atoms with Crippen LogP contribution in [0.5, 0.6) is 0 Å². The number of carboxylic acid groups (broad SMARTS) is 2. The van der Waals surface area contributed by atoms with E-state index in [2.05, 4.69) is 10.00 Å². The highest BCUT2D eigenvalue weighted by Gasteiger charge is 2.39. The van der Waals surface area contributed by atoms with E-state index in [1.807, 2.05) is 37.4 Å². The molecule has 0 unspecified atom stereocenters. The highest BCUT2D eigenvalue weighted by atomic mass is 16.4. The SMILES string of the molecule is Cc1ccccc1[C@@H]1CN(Cc2cnn(CCC(=O)O)c2)C[C@H]1C(=O)O. The van der Waals surface area contributed by atoms with E-state index in [0.717, 1.165) is 16.7 Å². The van der Waals surface area contributed by atoms with Crippen molar-refractivity contribution in [3.05, 3.63) is 53.3 Å². The van der Waals surface area contributed by atoms with Crippen molar-refractivity contribution in [1.29, 1.82) is 0 Å². The molecule has 0 saturated carbocycles. The van der Waals surface area contributed by atoms with E-state index >= 15 is 0 Å². The number of hydrogen-bond acceptors (Lipinski definition) is 4. The molecule has 7 nitrogen and oxygen atoms in total. The first-order chi connectivity index (χ1) is 12.4. The first-order valence-corrected chi connectivity index (χ1v) is 8.68. The number of aromatic nitrogens is 2. The lowest BCUT2D eigenvalue weighted by molar-refractivity contribution is -0.141. The molecule has 1 fully saturated rings. The number of benzene rings is 1. The Balaban J connectivity index is 1.69. The van der Waals surface area contributed by atoms with E-state index < -0.39 is 17.9 Å². The smallest absolute Gasteiger partial charge is 0.308 e. The Morgan fingerprint density at radius 2 is 2.00 bits per heavy atom. The highest BCUT2D eigenvalue weighted by Crippen LogP contribution is 2.35. The maximum Gasteiger partial charge on any atom is 0.308 e. The van der Waals surface area contributed by atoms with Crippen molar-refractivity contribution in [1.82, 2.24) is 14.7 Å². The van der Waals surface area contributed by atoms with E-state index in [0.29, 0.717) is 26.2 Å². The fourth-order valence-corrected chi connectivity index (χ4v) is 3.66. The second-order valence-electron chi connectivity index (χ2n) is 6.86. The van der Waals surface area contributed by atoms with Crippen molar-refractivity contribution in [3.8, 4) is 0 Å². The van der Waals surface area contributed by atoms with Gasteiger partial charge in [-0.2, -0.15) is 5.10 Å². The zero-order chi connectivity index (χ0) is 18.7. The van der Waals surface area contributed by atoms with Crippen LogP contribution in [0.1, 0.15) is 29.0 Å². The Hall–Kier alpha value is -2.67. The Kier molecular flexibility index (Phi) is 5.37. The van der Waals surface area contributed by atoms with Gasteiger partial charge in [0.1, 0.15) is 0 Å². The molecule has 1 aromatic carbocycles. The Morgan fingerprint density at radius 1 is 1.23 bits per heavy atom. The first-order valence-electron chi connectivity index (χ1n) is 8.68. The van der Waals surface area contributed by atoms with Gasteiger partial charge in [-0.05, 0) is 18.1 Å². The number of carboxylic acids is 2. The van der Waals surface area contributed by atoms with E-state index in [-0.39, 0.29) is 12.3 Å². The molecule has 1 aliphatic heterocycles. The van der Waals surface area contributed by atoms with Gasteiger partial charge in [0.2, 0.25) is 0 Å². The van der Waals surface area contributed by atoms with Gasteiger partial charge in [0.15, 0.2) is 0 Å². The van der Waals surface area contributed by atoms with Gasteiger partial charge in [0.05, 0.1) is 25.1 Å². The molecular weight excluding hydrogens is 334 g/mol. The molecule has 2 aromatic rings. The summed E-state index contributed by atoms with van der Waals surface area (Å²) < 4.78 is 1.62. The topological polar surface area (TPSA) is 95.7 Å². The Morgan fingerprint density at radius 3 is 2.69 bits per heavy atom. The van der Waals surface area contributed by atoms with Crippen LogP contribution in [0.3, 0.4) is 0 Å². The molecule has 0 spiro atoms. The normalized spacial score (nSPS) is 20.3. The summed E-state index contributed by atoms with van der Waals surface area (Å²) in [4.78, 5) is 24.5. The zero-order valence-corrected chi connectivity index (χ0v) is 14.7. The van der Waals surface area contributed by atoms with Gasteiger partial charge in [-0.1, -0.05) is 24.3 Å². The fourth-order valence-electron chi connectivity index (χ4n) is 3.66. The van der Waals surface area contributed by atoms with Gasteiger partial charge in [-0.3, -0.25) is 19.2 Å². The lowest BCUT2D eigenvalue weighted by Gasteiger charge is -2.17. The molecule has 1 aromatic heterocycles. The third kappa shape index (κ3) is 4.11. The summed E-state index contributed by atoms with van der Waals surface area (Å²) in [6.07, 6.45) is 3.58. The van der Waals surface area contributed by atoms with Gasteiger partial charge in [-0.15, -0.1) is 0 Å². The summed E-state index contributed by atoms with van der Waals surface area (Å²) in [6.45, 7) is 4.14. The van der Waals surface area contributed by atoms with Crippen LogP contribution in [0.15, 0.2) is 36.7 Å². The molecule has 0 bridgehead atoms. The zero-order valence-electron chi connectivity index (χ0n) is 14.7. The van der Waals surface area contributed by atoms with Crippen molar-refractivity contribution in [2.24, 2.45) is 5.92 Å². The monoisotopic (exact) mass is 357 g/mol. The highest BCUT2D eigenvalue weighted by molar-refractivity contribution is 5.72.